The van der Waals surface area contributed by atoms with Crippen LogP contribution >= 0.6 is 12.2 Å². The van der Waals surface area contributed by atoms with Crippen LogP contribution in [0.25, 0.3) is 0 Å². The van der Waals surface area contributed by atoms with Crippen molar-refractivity contribution in [1.82, 2.24) is 10.6 Å². The summed E-state index contributed by atoms with van der Waals surface area (Å²) in [6.07, 6.45) is 0.882. The zero-order valence-electron chi connectivity index (χ0n) is 14.7. The molecule has 0 unspecified atom stereocenters. The fraction of sp³-hybridized carbons (Fsp3) is 0.211. The Balaban J connectivity index is 1.90. The molecule has 2 aromatic carbocycles. The second-order valence-electron chi connectivity index (χ2n) is 5.47. The third-order valence-corrected chi connectivity index (χ3v) is 3.72. The van der Waals surface area contributed by atoms with E-state index < -0.39 is 0 Å². The molecule has 0 bridgehead atoms. The maximum Gasteiger partial charge on any atom is 0.257 e. The van der Waals surface area contributed by atoms with Crippen molar-refractivity contribution in [2.24, 2.45) is 0 Å². The highest BCUT2D eigenvalue weighted by Gasteiger charge is 2.09. The van der Waals surface area contributed by atoms with E-state index in [9.17, 15) is 9.59 Å². The van der Waals surface area contributed by atoms with Gasteiger partial charge < -0.3 is 15.4 Å². The number of rotatable bonds is 6. The molecule has 0 aliphatic heterocycles. The third-order valence-electron chi connectivity index (χ3n) is 3.52. The Hall–Kier alpha value is -2.93. The van der Waals surface area contributed by atoms with Gasteiger partial charge in [0.25, 0.3) is 11.8 Å². The molecule has 2 aromatic rings. The fourth-order valence-corrected chi connectivity index (χ4v) is 2.34. The van der Waals surface area contributed by atoms with E-state index in [0.717, 1.165) is 6.42 Å². The number of amides is 2. The summed E-state index contributed by atoms with van der Waals surface area (Å²) in [5, 5.41) is 8.51. The number of methoxy groups -OCH3 is 1. The second-order valence-corrected chi connectivity index (χ2v) is 5.88. The summed E-state index contributed by atoms with van der Waals surface area (Å²) in [5.41, 5.74) is 1.71. The molecule has 6 nitrogen and oxygen atoms in total. The molecule has 0 saturated carbocycles. The second kappa shape index (κ2) is 9.53. The zero-order valence-corrected chi connectivity index (χ0v) is 15.5. The Morgan fingerprint density at radius 1 is 0.962 bits per heavy atom. The van der Waals surface area contributed by atoms with Crippen LogP contribution in [0.15, 0.2) is 48.5 Å². The number of carbonyl (C=O) groups is 2. The standard InChI is InChI=1S/C19H21N3O3S/c1-3-12-20-17(23)13-4-8-15(9-5-13)21-19(26)22-18(24)14-6-10-16(25-2)11-7-14/h4-11H,3,12H2,1-2H3,(H,20,23)(H2,21,22,24,26). The highest BCUT2D eigenvalue weighted by Crippen LogP contribution is 2.12. The van der Waals surface area contributed by atoms with Crippen LogP contribution in [0.5, 0.6) is 5.75 Å². The van der Waals surface area contributed by atoms with E-state index in [1.165, 1.54) is 0 Å². The van der Waals surface area contributed by atoms with Crippen LogP contribution in [0, 0.1) is 0 Å². The third kappa shape index (κ3) is 5.56. The van der Waals surface area contributed by atoms with Gasteiger partial charge in [0.05, 0.1) is 7.11 Å². The lowest BCUT2D eigenvalue weighted by Crippen LogP contribution is -2.34. The molecule has 0 fully saturated rings. The van der Waals surface area contributed by atoms with E-state index >= 15 is 0 Å². The van der Waals surface area contributed by atoms with Gasteiger partial charge in [-0.3, -0.25) is 14.9 Å². The molecule has 3 N–H and O–H groups in total. The summed E-state index contributed by atoms with van der Waals surface area (Å²) >= 11 is 5.16. The Labute approximate surface area is 157 Å². The predicted octanol–water partition coefficient (Wildman–Crippen LogP) is 2.96. The first-order valence-electron chi connectivity index (χ1n) is 8.18. The first-order chi connectivity index (χ1) is 12.5. The van der Waals surface area contributed by atoms with Crippen LogP contribution in [0.1, 0.15) is 34.1 Å². The SMILES string of the molecule is CCCNC(=O)c1ccc(NC(=S)NC(=O)c2ccc(OC)cc2)cc1. The Kier molecular flexibility index (Phi) is 7.11. The zero-order chi connectivity index (χ0) is 18.9. The summed E-state index contributed by atoms with van der Waals surface area (Å²) in [6, 6.07) is 13.6. The van der Waals surface area contributed by atoms with Crippen LogP contribution in [-0.4, -0.2) is 30.6 Å². The Bertz CT molecular complexity index is 774. The molecule has 2 rings (SSSR count). The molecule has 26 heavy (non-hydrogen) atoms. The van der Waals surface area contributed by atoms with Crippen molar-refractivity contribution in [1.29, 1.82) is 0 Å². The highest BCUT2D eigenvalue weighted by molar-refractivity contribution is 7.80. The molecule has 0 heterocycles. The number of thiocarbonyl (C=S) groups is 1. The van der Waals surface area contributed by atoms with Gasteiger partial charge in [-0.05, 0) is 67.2 Å². The molecule has 2 amide bonds. The number of benzene rings is 2. The number of anilines is 1. The van der Waals surface area contributed by atoms with Gasteiger partial charge in [0.2, 0.25) is 0 Å². The average molecular weight is 371 g/mol. The molecular formula is C19H21N3O3S. The molecule has 7 heteroatoms. The van der Waals surface area contributed by atoms with E-state index in [4.69, 9.17) is 17.0 Å². The molecule has 0 saturated heterocycles. The number of nitrogens with one attached hydrogen (secondary N) is 3. The summed E-state index contributed by atoms with van der Waals surface area (Å²) < 4.78 is 5.06. The van der Waals surface area contributed by atoms with Crippen LogP contribution in [0.3, 0.4) is 0 Å². The van der Waals surface area contributed by atoms with Gasteiger partial charge in [-0.1, -0.05) is 6.92 Å². The topological polar surface area (TPSA) is 79.5 Å². The van der Waals surface area contributed by atoms with E-state index in [1.807, 2.05) is 6.92 Å². The van der Waals surface area contributed by atoms with E-state index in [-0.39, 0.29) is 16.9 Å². The van der Waals surface area contributed by atoms with Crippen molar-refractivity contribution in [3.8, 4) is 5.75 Å². The summed E-state index contributed by atoms with van der Waals surface area (Å²) in [7, 11) is 1.56. The normalized spacial score (nSPS) is 9.92. The minimum atomic E-state index is -0.319. The summed E-state index contributed by atoms with van der Waals surface area (Å²) in [5.74, 6) is 0.236. The van der Waals surface area contributed by atoms with Gasteiger partial charge in [0.15, 0.2) is 5.11 Å². The minimum Gasteiger partial charge on any atom is -0.497 e. The molecule has 136 valence electrons. The fourth-order valence-electron chi connectivity index (χ4n) is 2.13. The average Bonchev–Trinajstić information content (AvgIpc) is 2.66. The monoisotopic (exact) mass is 371 g/mol. The molecule has 0 atom stereocenters. The predicted molar refractivity (Wildman–Crippen MR) is 106 cm³/mol. The molecule has 0 aromatic heterocycles. The number of hydrogen-bond acceptors (Lipinski definition) is 4. The van der Waals surface area contributed by atoms with Crippen LogP contribution in [-0.2, 0) is 0 Å². The molecular weight excluding hydrogens is 350 g/mol. The smallest absolute Gasteiger partial charge is 0.257 e. The number of ether oxygens (including phenoxy) is 1. The molecule has 0 aliphatic rings. The summed E-state index contributed by atoms with van der Waals surface area (Å²) in [4.78, 5) is 24.0. The van der Waals surface area contributed by atoms with Crippen molar-refractivity contribution in [3.63, 3.8) is 0 Å². The van der Waals surface area contributed by atoms with Crippen molar-refractivity contribution in [2.75, 3.05) is 19.0 Å². The maximum absolute atomic E-state index is 12.2. The molecule has 0 radical (unpaired) electrons. The first kappa shape index (κ1) is 19.4. The Morgan fingerprint density at radius 3 is 2.12 bits per heavy atom. The van der Waals surface area contributed by atoms with Crippen LogP contribution < -0.4 is 20.7 Å². The van der Waals surface area contributed by atoms with E-state index in [0.29, 0.717) is 29.1 Å². The van der Waals surface area contributed by atoms with Crippen molar-refractivity contribution in [3.05, 3.63) is 59.7 Å². The largest absolute Gasteiger partial charge is 0.497 e. The van der Waals surface area contributed by atoms with Gasteiger partial charge in [0.1, 0.15) is 5.75 Å². The van der Waals surface area contributed by atoms with Gasteiger partial charge in [-0.15, -0.1) is 0 Å². The highest BCUT2D eigenvalue weighted by atomic mass is 32.1. The van der Waals surface area contributed by atoms with Crippen LogP contribution in [0.4, 0.5) is 5.69 Å². The summed E-state index contributed by atoms with van der Waals surface area (Å²) in [6.45, 7) is 2.63. The van der Waals surface area contributed by atoms with Gasteiger partial charge >= 0.3 is 0 Å². The minimum absolute atomic E-state index is 0.117. The number of carbonyl (C=O) groups excluding carboxylic acids is 2. The van der Waals surface area contributed by atoms with E-state index in [1.54, 1.807) is 55.6 Å². The Morgan fingerprint density at radius 2 is 1.54 bits per heavy atom. The van der Waals surface area contributed by atoms with Gasteiger partial charge in [-0.25, -0.2) is 0 Å². The van der Waals surface area contributed by atoms with Crippen LogP contribution in [0.2, 0.25) is 0 Å². The first-order valence-corrected chi connectivity index (χ1v) is 8.59. The van der Waals surface area contributed by atoms with Gasteiger partial charge in [0, 0.05) is 23.4 Å². The quantitative estimate of drug-likeness (QED) is 0.681. The molecule has 0 spiro atoms. The lowest BCUT2D eigenvalue weighted by Gasteiger charge is -2.10. The van der Waals surface area contributed by atoms with Crippen molar-refractivity contribution >= 4 is 34.8 Å². The maximum atomic E-state index is 12.2. The lowest BCUT2D eigenvalue weighted by molar-refractivity contribution is 0.0951. The lowest BCUT2D eigenvalue weighted by atomic mass is 10.2. The van der Waals surface area contributed by atoms with Crippen molar-refractivity contribution < 1.29 is 14.3 Å². The molecule has 0 aliphatic carbocycles. The van der Waals surface area contributed by atoms with Crippen molar-refractivity contribution in [2.45, 2.75) is 13.3 Å². The number of hydrogen-bond donors (Lipinski definition) is 3. The van der Waals surface area contributed by atoms with Gasteiger partial charge in [-0.2, -0.15) is 0 Å². The van der Waals surface area contributed by atoms with E-state index in [2.05, 4.69) is 16.0 Å².